The molecule has 1 aromatic heterocycles. The molecular formula is C11H12N4O. The van der Waals surface area contributed by atoms with Crippen molar-refractivity contribution in [3.63, 3.8) is 0 Å². The van der Waals surface area contributed by atoms with Crippen LogP contribution in [0.1, 0.15) is 21.7 Å². The third kappa shape index (κ3) is 2.44. The Morgan fingerprint density at radius 1 is 1.38 bits per heavy atom. The summed E-state index contributed by atoms with van der Waals surface area (Å²) in [7, 11) is 0. The van der Waals surface area contributed by atoms with E-state index >= 15 is 0 Å². The van der Waals surface area contributed by atoms with Crippen LogP contribution in [-0.2, 0) is 6.54 Å². The number of benzene rings is 1. The molecule has 5 nitrogen and oxygen atoms in total. The van der Waals surface area contributed by atoms with Gasteiger partial charge in [0.2, 0.25) is 0 Å². The van der Waals surface area contributed by atoms with Crippen LogP contribution in [0.25, 0.3) is 0 Å². The van der Waals surface area contributed by atoms with Gasteiger partial charge in [0, 0.05) is 5.56 Å². The molecule has 82 valence electrons. The van der Waals surface area contributed by atoms with E-state index in [4.69, 9.17) is 0 Å². The second kappa shape index (κ2) is 4.57. The van der Waals surface area contributed by atoms with Crippen LogP contribution in [0.5, 0.6) is 0 Å². The summed E-state index contributed by atoms with van der Waals surface area (Å²) in [4.78, 5) is 15.6. The lowest BCUT2D eigenvalue weighted by Crippen LogP contribution is -2.23. The molecule has 1 heterocycles. The van der Waals surface area contributed by atoms with Crippen LogP contribution in [0.4, 0.5) is 0 Å². The summed E-state index contributed by atoms with van der Waals surface area (Å²) in [6.07, 6.45) is 1.41. The minimum absolute atomic E-state index is 0.114. The van der Waals surface area contributed by atoms with Crippen molar-refractivity contribution in [2.45, 2.75) is 13.5 Å². The number of hydrogen-bond acceptors (Lipinski definition) is 3. The molecule has 0 aliphatic carbocycles. The lowest BCUT2D eigenvalue weighted by Gasteiger charge is -2.03. The highest BCUT2D eigenvalue weighted by molar-refractivity contribution is 5.94. The third-order valence-corrected chi connectivity index (χ3v) is 2.20. The van der Waals surface area contributed by atoms with Crippen LogP contribution in [0, 0.1) is 6.92 Å². The van der Waals surface area contributed by atoms with E-state index in [9.17, 15) is 4.79 Å². The van der Waals surface area contributed by atoms with Crippen LogP contribution in [0.3, 0.4) is 0 Å². The highest BCUT2D eigenvalue weighted by Crippen LogP contribution is 2.02. The second-order valence-electron chi connectivity index (χ2n) is 3.48. The van der Waals surface area contributed by atoms with Gasteiger partial charge in [0.05, 0.1) is 6.54 Å². The highest BCUT2D eigenvalue weighted by Gasteiger charge is 2.05. The number of nitrogens with one attached hydrogen (secondary N) is 2. The minimum Gasteiger partial charge on any atom is -0.345 e. The van der Waals surface area contributed by atoms with Gasteiger partial charge in [-0.1, -0.05) is 17.7 Å². The summed E-state index contributed by atoms with van der Waals surface area (Å²) < 4.78 is 0. The van der Waals surface area contributed by atoms with Crippen molar-refractivity contribution in [1.29, 1.82) is 0 Å². The molecule has 0 saturated heterocycles. The van der Waals surface area contributed by atoms with E-state index in [2.05, 4.69) is 20.5 Å². The largest absolute Gasteiger partial charge is 0.345 e. The first-order valence-corrected chi connectivity index (χ1v) is 4.95. The summed E-state index contributed by atoms with van der Waals surface area (Å²) in [5, 5.41) is 9.12. The van der Waals surface area contributed by atoms with Gasteiger partial charge >= 0.3 is 0 Å². The number of carbonyl (C=O) groups excluding carboxylic acids is 1. The number of aromatic nitrogens is 3. The molecule has 0 radical (unpaired) electrons. The van der Waals surface area contributed by atoms with Gasteiger partial charge in [0.25, 0.3) is 5.91 Å². The Balaban J connectivity index is 1.95. The van der Waals surface area contributed by atoms with Gasteiger partial charge in [-0.15, -0.1) is 0 Å². The number of rotatable bonds is 3. The van der Waals surface area contributed by atoms with Crippen molar-refractivity contribution in [3.05, 3.63) is 47.5 Å². The second-order valence-corrected chi connectivity index (χ2v) is 3.48. The molecule has 0 saturated carbocycles. The fourth-order valence-electron chi connectivity index (χ4n) is 1.29. The lowest BCUT2D eigenvalue weighted by molar-refractivity contribution is 0.0950. The minimum atomic E-state index is -0.114. The number of H-pyrrole nitrogens is 1. The van der Waals surface area contributed by atoms with Gasteiger partial charge < -0.3 is 5.32 Å². The molecule has 2 N–H and O–H groups in total. The monoisotopic (exact) mass is 216 g/mol. The molecule has 0 spiro atoms. The molecule has 0 aliphatic rings. The van der Waals surface area contributed by atoms with Gasteiger partial charge in [0.1, 0.15) is 12.2 Å². The summed E-state index contributed by atoms with van der Waals surface area (Å²) in [5.74, 6) is 0.525. The first-order chi connectivity index (χ1) is 7.75. The first-order valence-electron chi connectivity index (χ1n) is 4.95. The Morgan fingerprint density at radius 2 is 2.12 bits per heavy atom. The van der Waals surface area contributed by atoms with Crippen LogP contribution in [0.15, 0.2) is 30.6 Å². The first kappa shape index (κ1) is 10.4. The summed E-state index contributed by atoms with van der Waals surface area (Å²) in [6.45, 7) is 2.34. The van der Waals surface area contributed by atoms with Crippen molar-refractivity contribution in [2.24, 2.45) is 0 Å². The van der Waals surface area contributed by atoms with Crippen molar-refractivity contribution in [3.8, 4) is 0 Å². The molecule has 0 bridgehead atoms. The van der Waals surface area contributed by atoms with Gasteiger partial charge in [-0.25, -0.2) is 4.98 Å². The molecule has 0 fully saturated rings. The van der Waals surface area contributed by atoms with Crippen LogP contribution >= 0.6 is 0 Å². The molecule has 2 rings (SSSR count). The third-order valence-electron chi connectivity index (χ3n) is 2.20. The number of carbonyl (C=O) groups is 1. The Hall–Kier alpha value is -2.17. The average molecular weight is 216 g/mol. The summed E-state index contributed by atoms with van der Waals surface area (Å²) in [6, 6.07) is 7.41. The topological polar surface area (TPSA) is 70.7 Å². The van der Waals surface area contributed by atoms with Gasteiger partial charge in [-0.2, -0.15) is 5.10 Å². The molecule has 2 aromatic rings. The van der Waals surface area contributed by atoms with Gasteiger partial charge in [-0.3, -0.25) is 9.89 Å². The number of nitrogens with zero attached hydrogens (tertiary/aromatic N) is 2. The molecule has 1 amide bonds. The Kier molecular flexibility index (Phi) is 2.95. The van der Waals surface area contributed by atoms with Crippen LogP contribution in [-0.4, -0.2) is 21.1 Å². The van der Waals surface area contributed by atoms with Crippen molar-refractivity contribution in [2.75, 3.05) is 0 Å². The van der Waals surface area contributed by atoms with E-state index in [1.807, 2.05) is 19.1 Å². The van der Waals surface area contributed by atoms with Gasteiger partial charge in [0.15, 0.2) is 0 Å². The summed E-state index contributed by atoms with van der Waals surface area (Å²) >= 11 is 0. The smallest absolute Gasteiger partial charge is 0.251 e. The Labute approximate surface area is 92.9 Å². The van der Waals surface area contributed by atoms with Gasteiger partial charge in [-0.05, 0) is 19.1 Å². The fraction of sp³-hybridized carbons (Fsp3) is 0.182. The molecule has 0 atom stereocenters. The van der Waals surface area contributed by atoms with Crippen molar-refractivity contribution in [1.82, 2.24) is 20.5 Å². The number of aromatic amines is 1. The number of hydrogen-bond donors (Lipinski definition) is 2. The van der Waals surface area contributed by atoms with E-state index < -0.39 is 0 Å². The lowest BCUT2D eigenvalue weighted by atomic mass is 10.1. The fourth-order valence-corrected chi connectivity index (χ4v) is 1.29. The van der Waals surface area contributed by atoms with E-state index in [1.54, 1.807) is 12.1 Å². The Morgan fingerprint density at radius 3 is 2.75 bits per heavy atom. The van der Waals surface area contributed by atoms with E-state index in [0.717, 1.165) is 5.56 Å². The molecule has 0 aliphatic heterocycles. The van der Waals surface area contributed by atoms with Crippen molar-refractivity contribution >= 4 is 5.91 Å². The zero-order valence-corrected chi connectivity index (χ0v) is 8.90. The quantitative estimate of drug-likeness (QED) is 0.805. The van der Waals surface area contributed by atoms with Crippen molar-refractivity contribution < 1.29 is 4.79 Å². The highest BCUT2D eigenvalue weighted by atomic mass is 16.1. The molecule has 16 heavy (non-hydrogen) atoms. The van der Waals surface area contributed by atoms with E-state index in [-0.39, 0.29) is 5.91 Å². The number of amides is 1. The van der Waals surface area contributed by atoms with E-state index in [1.165, 1.54) is 6.33 Å². The van der Waals surface area contributed by atoms with E-state index in [0.29, 0.717) is 17.9 Å². The molecule has 5 heteroatoms. The summed E-state index contributed by atoms with van der Waals surface area (Å²) in [5.41, 5.74) is 1.77. The predicted octanol–water partition coefficient (Wildman–Crippen LogP) is 1.04. The standard InChI is InChI=1S/C11H12N4O/c1-8-2-4-9(5-3-8)11(16)12-6-10-13-7-14-15-10/h2-5,7H,6H2,1H3,(H,12,16)(H,13,14,15). The zero-order valence-electron chi connectivity index (χ0n) is 8.90. The zero-order chi connectivity index (χ0) is 11.4. The molecular weight excluding hydrogens is 204 g/mol. The normalized spacial score (nSPS) is 10.1. The maximum Gasteiger partial charge on any atom is 0.251 e. The number of aryl methyl sites for hydroxylation is 1. The SMILES string of the molecule is Cc1ccc(C(=O)NCc2ncn[nH]2)cc1. The predicted molar refractivity (Wildman–Crippen MR) is 58.7 cm³/mol. The van der Waals surface area contributed by atoms with Crippen LogP contribution < -0.4 is 5.32 Å². The maximum atomic E-state index is 11.7. The Bertz CT molecular complexity index is 461. The average Bonchev–Trinajstić information content (AvgIpc) is 2.80. The molecule has 1 aromatic carbocycles. The van der Waals surface area contributed by atoms with Crippen LogP contribution in [0.2, 0.25) is 0 Å². The maximum absolute atomic E-state index is 11.7. The molecule has 0 unspecified atom stereocenters.